The fraction of sp³-hybridized carbons (Fsp3) is 0.875. The smallest absolute Gasteiger partial charge is 0.320 e. The molecule has 13 heavy (non-hydrogen) atoms. The standard InChI is InChI=1S/C5H11NO2.C3H8OS/c1-4(5(7)8)6(2)3;1-2-3-5-4/h4H,1-3H3,(H,7,8);4H,2-3H2,1H3. The van der Waals surface area contributed by atoms with Crippen LogP contribution in [-0.4, -0.2) is 46.4 Å². The Balaban J connectivity index is 0. The summed E-state index contributed by atoms with van der Waals surface area (Å²) >= 11 is 0.902. The van der Waals surface area contributed by atoms with Crippen molar-refractivity contribution < 1.29 is 14.5 Å². The Morgan fingerprint density at radius 1 is 1.54 bits per heavy atom. The van der Waals surface area contributed by atoms with Crippen LogP contribution in [0.15, 0.2) is 0 Å². The van der Waals surface area contributed by atoms with Crippen molar-refractivity contribution >= 4 is 18.0 Å². The van der Waals surface area contributed by atoms with E-state index in [1.54, 1.807) is 25.9 Å². The van der Waals surface area contributed by atoms with Gasteiger partial charge in [-0.25, -0.2) is 0 Å². The zero-order valence-electron chi connectivity index (χ0n) is 8.65. The van der Waals surface area contributed by atoms with Gasteiger partial charge in [0.1, 0.15) is 6.04 Å². The molecule has 0 aliphatic carbocycles. The average molecular weight is 209 g/mol. The van der Waals surface area contributed by atoms with Crippen LogP contribution in [0.4, 0.5) is 0 Å². The molecule has 0 radical (unpaired) electrons. The first-order valence-electron chi connectivity index (χ1n) is 4.12. The number of nitrogens with zero attached hydrogens (tertiary/aromatic N) is 1. The van der Waals surface area contributed by atoms with Gasteiger partial charge in [-0.15, -0.1) is 0 Å². The summed E-state index contributed by atoms with van der Waals surface area (Å²) in [4.78, 5) is 11.7. The third kappa shape index (κ3) is 11.7. The molecule has 0 saturated heterocycles. The molecule has 0 aromatic rings. The molecule has 0 aliphatic rings. The van der Waals surface area contributed by atoms with Crippen LogP contribution in [0.5, 0.6) is 0 Å². The summed E-state index contributed by atoms with van der Waals surface area (Å²) in [5.74, 6) is 0.0787. The lowest BCUT2D eigenvalue weighted by atomic mass is 10.3. The number of hydrogen-bond acceptors (Lipinski definition) is 4. The SMILES string of the molecule is CC(C(=O)O)N(C)C.CCCSO. The van der Waals surface area contributed by atoms with E-state index in [-0.39, 0.29) is 6.04 Å². The predicted octanol–water partition coefficient (Wildman–Crippen LogP) is 1.62. The summed E-state index contributed by atoms with van der Waals surface area (Å²) in [6, 6.07) is -0.380. The van der Waals surface area contributed by atoms with Crippen LogP contribution in [0.1, 0.15) is 20.3 Å². The maximum absolute atomic E-state index is 10.1. The van der Waals surface area contributed by atoms with Gasteiger partial charge in [-0.05, 0) is 39.5 Å². The number of hydrogen-bond donors (Lipinski definition) is 2. The van der Waals surface area contributed by atoms with E-state index >= 15 is 0 Å². The normalized spacial score (nSPS) is 11.8. The first kappa shape index (κ1) is 15.2. The van der Waals surface area contributed by atoms with Crippen molar-refractivity contribution in [3.05, 3.63) is 0 Å². The van der Waals surface area contributed by atoms with E-state index in [0.29, 0.717) is 0 Å². The van der Waals surface area contributed by atoms with Crippen LogP contribution in [0.3, 0.4) is 0 Å². The highest BCUT2D eigenvalue weighted by atomic mass is 32.2. The van der Waals surface area contributed by atoms with Crippen LogP contribution in [-0.2, 0) is 4.79 Å². The second-order valence-electron chi connectivity index (χ2n) is 2.81. The molecule has 0 bridgehead atoms. The summed E-state index contributed by atoms with van der Waals surface area (Å²) < 4.78 is 7.98. The van der Waals surface area contributed by atoms with Gasteiger partial charge >= 0.3 is 5.97 Å². The van der Waals surface area contributed by atoms with E-state index in [0.717, 1.165) is 24.2 Å². The second-order valence-corrected chi connectivity index (χ2v) is 3.48. The molecule has 1 atom stereocenters. The minimum absolute atomic E-state index is 0.380. The van der Waals surface area contributed by atoms with Crippen molar-refractivity contribution in [3.8, 4) is 0 Å². The van der Waals surface area contributed by atoms with E-state index in [9.17, 15) is 4.79 Å². The Labute approximate surface area is 84.1 Å². The molecule has 1 unspecified atom stereocenters. The lowest BCUT2D eigenvalue weighted by Crippen LogP contribution is -2.32. The lowest BCUT2D eigenvalue weighted by molar-refractivity contribution is -0.141. The molecule has 0 aromatic carbocycles. The summed E-state index contributed by atoms with van der Waals surface area (Å²) in [6.45, 7) is 3.67. The first-order chi connectivity index (χ1) is 5.97. The van der Waals surface area contributed by atoms with Crippen LogP contribution in [0.25, 0.3) is 0 Å². The molecule has 0 amide bonds. The highest BCUT2D eigenvalue weighted by Gasteiger charge is 2.11. The highest BCUT2D eigenvalue weighted by molar-refractivity contribution is 7.93. The minimum atomic E-state index is -0.782. The molecule has 0 heterocycles. The summed E-state index contributed by atoms with van der Waals surface area (Å²) in [7, 11) is 3.47. The molecular weight excluding hydrogens is 190 g/mol. The van der Waals surface area contributed by atoms with Gasteiger partial charge in [0.2, 0.25) is 0 Å². The molecule has 0 saturated carbocycles. The Morgan fingerprint density at radius 3 is 2.00 bits per heavy atom. The van der Waals surface area contributed by atoms with Gasteiger partial charge in [0.25, 0.3) is 0 Å². The van der Waals surface area contributed by atoms with Gasteiger partial charge in [-0.2, -0.15) is 0 Å². The molecule has 80 valence electrons. The third-order valence-electron chi connectivity index (χ3n) is 1.43. The predicted molar refractivity (Wildman–Crippen MR) is 56.2 cm³/mol. The Bertz CT molecular complexity index is 129. The van der Waals surface area contributed by atoms with Crippen LogP contribution in [0.2, 0.25) is 0 Å². The van der Waals surface area contributed by atoms with Gasteiger partial charge < -0.3 is 9.66 Å². The van der Waals surface area contributed by atoms with Crippen molar-refractivity contribution in [2.75, 3.05) is 19.8 Å². The maximum Gasteiger partial charge on any atom is 0.320 e. The van der Waals surface area contributed by atoms with Gasteiger partial charge in [-0.3, -0.25) is 9.69 Å². The Morgan fingerprint density at radius 2 is 2.00 bits per heavy atom. The van der Waals surface area contributed by atoms with E-state index in [2.05, 4.69) is 0 Å². The van der Waals surface area contributed by atoms with Gasteiger partial charge in [0, 0.05) is 5.75 Å². The van der Waals surface area contributed by atoms with Crippen LogP contribution < -0.4 is 0 Å². The minimum Gasteiger partial charge on any atom is -0.480 e. The van der Waals surface area contributed by atoms with Crippen molar-refractivity contribution in [1.29, 1.82) is 0 Å². The molecule has 0 rings (SSSR count). The fourth-order valence-corrected chi connectivity index (χ4v) is 0.495. The number of aliphatic carboxylic acids is 1. The molecule has 4 nitrogen and oxygen atoms in total. The monoisotopic (exact) mass is 209 g/mol. The lowest BCUT2D eigenvalue weighted by Gasteiger charge is -2.13. The molecule has 5 heteroatoms. The molecule has 0 aliphatic heterocycles. The van der Waals surface area contributed by atoms with E-state index in [1.165, 1.54) is 0 Å². The molecule has 2 N–H and O–H groups in total. The number of carbonyl (C=O) groups is 1. The van der Waals surface area contributed by atoms with Crippen molar-refractivity contribution in [1.82, 2.24) is 4.90 Å². The maximum atomic E-state index is 10.1. The quantitative estimate of drug-likeness (QED) is 0.689. The van der Waals surface area contributed by atoms with E-state index < -0.39 is 5.97 Å². The van der Waals surface area contributed by atoms with Gasteiger partial charge in [0.15, 0.2) is 0 Å². The number of carboxylic acid groups (broad SMARTS) is 1. The highest BCUT2D eigenvalue weighted by Crippen LogP contribution is 1.90. The summed E-state index contributed by atoms with van der Waals surface area (Å²) in [5, 5.41) is 8.31. The summed E-state index contributed by atoms with van der Waals surface area (Å²) in [6.07, 6.45) is 1.06. The zero-order chi connectivity index (χ0) is 10.9. The molecular formula is C8H19NO3S. The second kappa shape index (κ2) is 9.83. The Hall–Kier alpha value is -0.260. The van der Waals surface area contributed by atoms with Crippen molar-refractivity contribution in [3.63, 3.8) is 0 Å². The topological polar surface area (TPSA) is 60.8 Å². The van der Waals surface area contributed by atoms with Crippen LogP contribution in [0, 0.1) is 0 Å². The Kier molecular flexibility index (Phi) is 11.5. The number of carboxylic acids is 1. The third-order valence-corrected chi connectivity index (χ3v) is 2.02. The molecule has 0 fully saturated rings. The van der Waals surface area contributed by atoms with E-state index in [1.807, 2.05) is 6.92 Å². The largest absolute Gasteiger partial charge is 0.480 e. The molecule has 0 aromatic heterocycles. The summed E-state index contributed by atoms with van der Waals surface area (Å²) in [5.41, 5.74) is 0. The van der Waals surface area contributed by atoms with Gasteiger partial charge in [-0.1, -0.05) is 6.92 Å². The number of likely N-dealkylation sites (N-methyl/N-ethyl adjacent to an activating group) is 1. The first-order valence-corrected chi connectivity index (χ1v) is 5.07. The van der Waals surface area contributed by atoms with Crippen LogP contribution >= 0.6 is 12.0 Å². The van der Waals surface area contributed by atoms with Gasteiger partial charge in [0.05, 0.1) is 0 Å². The molecule has 0 spiro atoms. The van der Waals surface area contributed by atoms with Crippen molar-refractivity contribution in [2.24, 2.45) is 0 Å². The average Bonchev–Trinajstić information content (AvgIpc) is 2.05. The zero-order valence-corrected chi connectivity index (χ0v) is 9.47. The fourth-order valence-electron chi connectivity index (χ4n) is 0.312. The number of rotatable bonds is 4. The van der Waals surface area contributed by atoms with E-state index in [4.69, 9.17) is 9.66 Å². The van der Waals surface area contributed by atoms with Crippen molar-refractivity contribution in [2.45, 2.75) is 26.3 Å².